The van der Waals surface area contributed by atoms with E-state index in [-0.39, 0.29) is 5.78 Å². The van der Waals surface area contributed by atoms with Gasteiger partial charge >= 0.3 is 0 Å². The van der Waals surface area contributed by atoms with E-state index >= 15 is 0 Å². The Bertz CT molecular complexity index is 864. The number of rotatable bonds is 2. The minimum atomic E-state index is -0.796. The lowest BCUT2D eigenvalue weighted by molar-refractivity contribution is -0.132. The Morgan fingerprint density at radius 3 is 2.12 bits per heavy atom. The number of Topliss-reactive ketones (excluding diaryl/α,β-unsaturated/α-hetero) is 1. The Labute approximate surface area is 162 Å². The van der Waals surface area contributed by atoms with Crippen LogP contribution in [0.15, 0.2) is 52.5 Å². The predicted octanol–water partition coefficient (Wildman–Crippen LogP) is 6.31. The zero-order valence-electron chi connectivity index (χ0n) is 14.7. The fourth-order valence-corrected chi connectivity index (χ4v) is 3.70. The van der Waals surface area contributed by atoms with Crippen molar-refractivity contribution in [3.05, 3.63) is 63.1 Å². The van der Waals surface area contributed by atoms with E-state index in [9.17, 15) is 4.79 Å². The summed E-state index contributed by atoms with van der Waals surface area (Å²) in [7, 11) is 0. The molecule has 0 spiro atoms. The molecule has 0 N–H and O–H groups in total. The van der Waals surface area contributed by atoms with Gasteiger partial charge in [0.05, 0.1) is 5.60 Å². The molecule has 1 aliphatic heterocycles. The van der Waals surface area contributed by atoms with E-state index in [4.69, 9.17) is 16.3 Å². The summed E-state index contributed by atoms with van der Waals surface area (Å²) in [5, 5.41) is 0.709. The maximum atomic E-state index is 12.7. The summed E-state index contributed by atoms with van der Waals surface area (Å²) in [6.07, 6.45) is 1.93. The smallest absolute Gasteiger partial charge is 0.192 e. The second-order valence-corrected chi connectivity index (χ2v) is 8.54. The minimum Gasteiger partial charge on any atom is -0.357 e. The van der Waals surface area contributed by atoms with Crippen LogP contribution in [0.2, 0.25) is 5.02 Å². The highest BCUT2D eigenvalue weighted by molar-refractivity contribution is 9.10. The average molecular weight is 420 g/mol. The number of carbonyl (C=O) groups is 1. The number of benzene rings is 2. The molecule has 0 amide bonds. The Balaban J connectivity index is 2.07. The van der Waals surface area contributed by atoms with E-state index in [2.05, 4.69) is 22.0 Å². The third-order valence-electron chi connectivity index (χ3n) is 4.42. The summed E-state index contributed by atoms with van der Waals surface area (Å²) in [4.78, 5) is 12.7. The van der Waals surface area contributed by atoms with Crippen LogP contribution in [0.25, 0.3) is 17.2 Å². The largest absolute Gasteiger partial charge is 0.357 e. The van der Waals surface area contributed by atoms with Crippen molar-refractivity contribution in [2.24, 2.45) is 0 Å². The summed E-state index contributed by atoms with van der Waals surface area (Å²) in [5.74, 6) is 0.0290. The molecule has 130 valence electrons. The summed E-state index contributed by atoms with van der Waals surface area (Å²) in [6, 6.07) is 13.8. The van der Waals surface area contributed by atoms with Crippen molar-refractivity contribution in [2.45, 2.75) is 38.9 Å². The third kappa shape index (κ3) is 3.59. The van der Waals surface area contributed by atoms with Gasteiger partial charge in [-0.1, -0.05) is 45.7 Å². The van der Waals surface area contributed by atoms with Crippen molar-refractivity contribution in [1.29, 1.82) is 0 Å². The minimum absolute atomic E-state index is 0.0290. The van der Waals surface area contributed by atoms with Crippen LogP contribution >= 0.6 is 27.5 Å². The number of halogens is 2. The highest BCUT2D eigenvalue weighted by Gasteiger charge is 2.49. The molecule has 4 heteroatoms. The summed E-state index contributed by atoms with van der Waals surface area (Å²) in [6.45, 7) is 7.50. The maximum Gasteiger partial charge on any atom is 0.192 e. The van der Waals surface area contributed by atoms with Gasteiger partial charge in [-0.2, -0.15) is 0 Å². The topological polar surface area (TPSA) is 26.3 Å². The summed E-state index contributed by atoms with van der Waals surface area (Å²) >= 11 is 9.56. The Kier molecular flexibility index (Phi) is 4.69. The van der Waals surface area contributed by atoms with Gasteiger partial charge in [-0.3, -0.25) is 4.79 Å². The standard InChI is InChI=1S/C21H20BrClO2/c1-20(2)17(19(24)21(3,4)25-20)12-15-11-14(7-10-18(15)22)13-5-8-16(23)9-6-13/h5-12H,1-4H3. The predicted molar refractivity (Wildman–Crippen MR) is 107 cm³/mol. The first-order valence-electron chi connectivity index (χ1n) is 8.13. The van der Waals surface area contributed by atoms with Gasteiger partial charge in [0.25, 0.3) is 0 Å². The number of hydrogen-bond acceptors (Lipinski definition) is 2. The second-order valence-electron chi connectivity index (χ2n) is 7.25. The molecule has 3 rings (SSSR count). The first-order chi connectivity index (χ1) is 11.6. The zero-order chi connectivity index (χ0) is 18.4. The average Bonchev–Trinajstić information content (AvgIpc) is 2.68. The van der Waals surface area contributed by atoms with E-state index in [0.29, 0.717) is 10.6 Å². The molecule has 0 atom stereocenters. The molecule has 1 fully saturated rings. The summed E-state index contributed by atoms with van der Waals surface area (Å²) < 4.78 is 6.89. The van der Waals surface area contributed by atoms with E-state index in [1.165, 1.54) is 0 Å². The lowest BCUT2D eigenvalue weighted by Crippen LogP contribution is -2.29. The molecular weight excluding hydrogens is 400 g/mol. The molecule has 1 aliphatic rings. The van der Waals surface area contributed by atoms with Gasteiger partial charge < -0.3 is 4.74 Å². The summed E-state index contributed by atoms with van der Waals surface area (Å²) in [5.41, 5.74) is 2.36. The Hall–Kier alpha value is -1.42. The van der Waals surface area contributed by atoms with Crippen molar-refractivity contribution < 1.29 is 9.53 Å². The highest BCUT2D eigenvalue weighted by Crippen LogP contribution is 2.40. The van der Waals surface area contributed by atoms with Gasteiger partial charge in [0, 0.05) is 15.1 Å². The molecule has 0 unspecified atom stereocenters. The monoisotopic (exact) mass is 418 g/mol. The fourth-order valence-electron chi connectivity index (χ4n) is 3.21. The second kappa shape index (κ2) is 6.39. The fraction of sp³-hybridized carbons (Fsp3) is 0.286. The SMILES string of the molecule is CC1(C)OC(C)(C)C(=Cc2cc(-c3ccc(Cl)cc3)ccc2Br)C1=O. The molecule has 0 saturated carbocycles. The van der Waals surface area contributed by atoms with Crippen LogP contribution in [-0.2, 0) is 9.53 Å². The van der Waals surface area contributed by atoms with Crippen molar-refractivity contribution in [1.82, 2.24) is 0 Å². The van der Waals surface area contributed by atoms with Crippen LogP contribution in [0.1, 0.15) is 33.3 Å². The molecule has 0 aliphatic carbocycles. The van der Waals surface area contributed by atoms with Gasteiger partial charge in [-0.25, -0.2) is 0 Å². The van der Waals surface area contributed by atoms with Crippen molar-refractivity contribution in [3.8, 4) is 11.1 Å². The molecule has 0 radical (unpaired) electrons. The first-order valence-corrected chi connectivity index (χ1v) is 9.30. The molecular formula is C21H20BrClO2. The Morgan fingerprint density at radius 1 is 0.960 bits per heavy atom. The quantitative estimate of drug-likeness (QED) is 0.533. The number of hydrogen-bond donors (Lipinski definition) is 0. The van der Waals surface area contributed by atoms with Gasteiger partial charge in [-0.15, -0.1) is 0 Å². The molecule has 2 aromatic carbocycles. The van der Waals surface area contributed by atoms with Crippen LogP contribution in [0.4, 0.5) is 0 Å². The van der Waals surface area contributed by atoms with E-state index < -0.39 is 11.2 Å². The van der Waals surface area contributed by atoms with Gasteiger partial charge in [0.2, 0.25) is 0 Å². The third-order valence-corrected chi connectivity index (χ3v) is 5.40. The molecule has 1 heterocycles. The van der Waals surface area contributed by atoms with E-state index in [1.807, 2.05) is 70.2 Å². The van der Waals surface area contributed by atoms with Crippen LogP contribution in [-0.4, -0.2) is 17.0 Å². The molecule has 0 bridgehead atoms. The number of ketones is 1. The maximum absolute atomic E-state index is 12.7. The highest BCUT2D eigenvalue weighted by atomic mass is 79.9. The van der Waals surface area contributed by atoms with Gasteiger partial charge in [0.1, 0.15) is 5.60 Å². The van der Waals surface area contributed by atoms with E-state index in [0.717, 1.165) is 21.2 Å². The van der Waals surface area contributed by atoms with Crippen LogP contribution in [0.5, 0.6) is 0 Å². The van der Waals surface area contributed by atoms with Crippen molar-refractivity contribution in [3.63, 3.8) is 0 Å². The van der Waals surface area contributed by atoms with Gasteiger partial charge in [-0.05, 0) is 74.7 Å². The molecule has 1 saturated heterocycles. The van der Waals surface area contributed by atoms with Crippen molar-refractivity contribution >= 4 is 39.4 Å². The van der Waals surface area contributed by atoms with Crippen LogP contribution in [0.3, 0.4) is 0 Å². The van der Waals surface area contributed by atoms with Crippen LogP contribution in [0, 0.1) is 0 Å². The zero-order valence-corrected chi connectivity index (χ0v) is 17.0. The molecule has 25 heavy (non-hydrogen) atoms. The number of carbonyl (C=O) groups excluding carboxylic acids is 1. The lowest BCUT2D eigenvalue weighted by atomic mass is 9.90. The van der Waals surface area contributed by atoms with Gasteiger partial charge in [0.15, 0.2) is 5.78 Å². The van der Waals surface area contributed by atoms with E-state index in [1.54, 1.807) is 0 Å². The Morgan fingerprint density at radius 2 is 1.56 bits per heavy atom. The molecule has 0 aromatic heterocycles. The normalized spacial score (nSPS) is 20.2. The lowest BCUT2D eigenvalue weighted by Gasteiger charge is -2.22. The molecule has 2 aromatic rings. The van der Waals surface area contributed by atoms with Crippen LogP contribution < -0.4 is 0 Å². The first kappa shape index (κ1) is 18.4. The molecule has 2 nitrogen and oxygen atoms in total. The van der Waals surface area contributed by atoms with Crippen molar-refractivity contribution in [2.75, 3.05) is 0 Å². The number of ether oxygens (including phenoxy) is 1.